The Morgan fingerprint density at radius 1 is 1.23 bits per heavy atom. The summed E-state index contributed by atoms with van der Waals surface area (Å²) in [5, 5.41) is 1.80. The fourth-order valence-electron chi connectivity index (χ4n) is 3.73. The van der Waals surface area contributed by atoms with Crippen LogP contribution >= 0.6 is 11.6 Å². The first-order valence-corrected chi connectivity index (χ1v) is 8.78. The number of hydrogen-bond donors (Lipinski definition) is 1. The first-order chi connectivity index (χ1) is 12.6. The number of hydrogen-bond acceptors (Lipinski definition) is 3. The van der Waals surface area contributed by atoms with Gasteiger partial charge in [-0.15, -0.1) is 0 Å². The third-order valence-corrected chi connectivity index (χ3v) is 5.14. The molecular formula is C20H19ClN2O3. The summed E-state index contributed by atoms with van der Waals surface area (Å²) in [5.74, 6) is 0.749. The van der Waals surface area contributed by atoms with Crippen LogP contribution in [0.25, 0.3) is 10.9 Å². The topological polar surface area (TPSA) is 54.6 Å². The lowest BCUT2D eigenvalue weighted by atomic mass is 9.92. The number of ether oxygens (including phenoxy) is 2. The highest BCUT2D eigenvalue weighted by molar-refractivity contribution is 6.31. The largest absolute Gasteiger partial charge is 0.497 e. The van der Waals surface area contributed by atoms with E-state index >= 15 is 0 Å². The van der Waals surface area contributed by atoms with Crippen molar-refractivity contribution >= 4 is 28.6 Å². The number of nitrogens with one attached hydrogen (secondary N) is 1. The number of rotatable bonds is 2. The van der Waals surface area contributed by atoms with Gasteiger partial charge in [0.15, 0.2) is 0 Å². The number of carbonyl (C=O) groups is 1. The predicted octanol–water partition coefficient (Wildman–Crippen LogP) is 4.54. The van der Waals surface area contributed by atoms with Crippen molar-refractivity contribution in [3.05, 3.63) is 64.3 Å². The highest BCUT2D eigenvalue weighted by Gasteiger charge is 2.35. The summed E-state index contributed by atoms with van der Waals surface area (Å²) in [6.45, 7) is 0.570. The summed E-state index contributed by atoms with van der Waals surface area (Å²) >= 11 is 6.20. The molecule has 2 heterocycles. The van der Waals surface area contributed by atoms with Gasteiger partial charge in [-0.05, 0) is 47.9 Å². The maximum atomic E-state index is 12.4. The molecule has 1 amide bonds. The Balaban J connectivity index is 1.92. The summed E-state index contributed by atoms with van der Waals surface area (Å²) in [5.41, 5.74) is 4.16. The minimum absolute atomic E-state index is 0.271. The molecule has 2 aromatic carbocycles. The minimum atomic E-state index is -0.347. The zero-order chi connectivity index (χ0) is 18.3. The van der Waals surface area contributed by atoms with Gasteiger partial charge in [-0.1, -0.05) is 23.7 Å². The molecule has 0 spiro atoms. The zero-order valence-corrected chi connectivity index (χ0v) is 15.3. The average molecular weight is 371 g/mol. The predicted molar refractivity (Wildman–Crippen MR) is 101 cm³/mol. The van der Waals surface area contributed by atoms with Crippen LogP contribution in [0.2, 0.25) is 5.02 Å². The maximum Gasteiger partial charge on any atom is 0.410 e. The number of halogens is 1. The van der Waals surface area contributed by atoms with Crippen LogP contribution in [0.15, 0.2) is 42.5 Å². The summed E-state index contributed by atoms with van der Waals surface area (Å²) in [4.78, 5) is 17.7. The second-order valence-electron chi connectivity index (χ2n) is 6.30. The van der Waals surface area contributed by atoms with Crippen LogP contribution in [-0.4, -0.2) is 36.7 Å². The highest BCUT2D eigenvalue weighted by Crippen LogP contribution is 2.40. The fourth-order valence-corrected chi connectivity index (χ4v) is 3.90. The Morgan fingerprint density at radius 3 is 2.85 bits per heavy atom. The minimum Gasteiger partial charge on any atom is -0.497 e. The maximum absolute atomic E-state index is 12.4. The van der Waals surface area contributed by atoms with E-state index in [1.165, 1.54) is 12.7 Å². The number of amides is 1. The number of H-pyrrole nitrogens is 1. The van der Waals surface area contributed by atoms with Crippen LogP contribution in [0.3, 0.4) is 0 Å². The summed E-state index contributed by atoms with van der Waals surface area (Å²) < 4.78 is 10.4. The quantitative estimate of drug-likeness (QED) is 0.720. The number of fused-ring (bicyclic) bond motifs is 3. The summed E-state index contributed by atoms with van der Waals surface area (Å²) in [6, 6.07) is 13.3. The van der Waals surface area contributed by atoms with E-state index in [0.717, 1.165) is 34.3 Å². The van der Waals surface area contributed by atoms with Crippen LogP contribution in [0, 0.1) is 0 Å². The van der Waals surface area contributed by atoms with Crippen LogP contribution in [-0.2, 0) is 11.2 Å². The molecule has 0 aliphatic carbocycles. The van der Waals surface area contributed by atoms with Crippen LogP contribution in [0.1, 0.15) is 22.9 Å². The van der Waals surface area contributed by atoms with Crippen molar-refractivity contribution in [1.82, 2.24) is 9.88 Å². The molecule has 1 N–H and O–H groups in total. The van der Waals surface area contributed by atoms with Gasteiger partial charge in [0.1, 0.15) is 11.8 Å². The number of aromatic amines is 1. The van der Waals surface area contributed by atoms with Crippen molar-refractivity contribution in [2.24, 2.45) is 0 Å². The van der Waals surface area contributed by atoms with Gasteiger partial charge in [-0.2, -0.15) is 0 Å². The lowest BCUT2D eigenvalue weighted by Crippen LogP contribution is -2.40. The van der Waals surface area contributed by atoms with Crippen molar-refractivity contribution in [3.8, 4) is 5.75 Å². The molecule has 4 rings (SSSR count). The van der Waals surface area contributed by atoms with Crippen molar-refractivity contribution in [3.63, 3.8) is 0 Å². The average Bonchev–Trinajstić information content (AvgIpc) is 3.04. The van der Waals surface area contributed by atoms with Gasteiger partial charge >= 0.3 is 6.09 Å². The van der Waals surface area contributed by atoms with Crippen molar-refractivity contribution < 1.29 is 14.3 Å². The molecule has 0 saturated carbocycles. The molecule has 1 aliphatic heterocycles. The van der Waals surface area contributed by atoms with Gasteiger partial charge in [0.2, 0.25) is 0 Å². The van der Waals surface area contributed by atoms with Crippen LogP contribution in [0.4, 0.5) is 4.79 Å². The first kappa shape index (κ1) is 16.8. The van der Waals surface area contributed by atoms with E-state index < -0.39 is 0 Å². The van der Waals surface area contributed by atoms with Crippen molar-refractivity contribution in [2.45, 2.75) is 12.5 Å². The molecule has 0 saturated heterocycles. The van der Waals surface area contributed by atoms with Gasteiger partial charge in [-0.3, -0.25) is 4.90 Å². The molecule has 6 heteroatoms. The molecule has 134 valence electrons. The molecule has 0 radical (unpaired) electrons. The summed E-state index contributed by atoms with van der Waals surface area (Å²) in [6.07, 6.45) is 0.394. The van der Waals surface area contributed by atoms with E-state index in [9.17, 15) is 4.79 Å². The van der Waals surface area contributed by atoms with Gasteiger partial charge in [-0.25, -0.2) is 4.79 Å². The highest BCUT2D eigenvalue weighted by atomic mass is 35.5. The molecule has 3 aromatic rings. The number of carbonyl (C=O) groups excluding carboxylic acids is 1. The van der Waals surface area contributed by atoms with Gasteiger partial charge in [0.05, 0.1) is 14.2 Å². The standard InChI is InChI=1S/C20H19ClN2O3/c1-25-14-5-3-4-12(10-14)19-18-15(8-9-23(19)20(24)26-2)16-11-13(21)6-7-17(16)22-18/h3-7,10-11,19,22H,8-9H2,1-2H3. The zero-order valence-electron chi connectivity index (χ0n) is 14.6. The second-order valence-corrected chi connectivity index (χ2v) is 6.74. The Labute approximate surface area is 156 Å². The van der Waals surface area contributed by atoms with Gasteiger partial charge in [0.25, 0.3) is 0 Å². The van der Waals surface area contributed by atoms with E-state index in [4.69, 9.17) is 21.1 Å². The third-order valence-electron chi connectivity index (χ3n) is 4.91. The monoisotopic (exact) mass is 370 g/mol. The van der Waals surface area contributed by atoms with E-state index in [-0.39, 0.29) is 12.1 Å². The Hall–Kier alpha value is -2.66. The molecular weight excluding hydrogens is 352 g/mol. The first-order valence-electron chi connectivity index (χ1n) is 8.41. The molecule has 26 heavy (non-hydrogen) atoms. The van der Waals surface area contributed by atoms with E-state index in [0.29, 0.717) is 11.6 Å². The molecule has 1 aromatic heterocycles. The van der Waals surface area contributed by atoms with Gasteiger partial charge < -0.3 is 14.5 Å². The number of nitrogens with zero attached hydrogens (tertiary/aromatic N) is 1. The lowest BCUT2D eigenvalue weighted by molar-refractivity contribution is 0.108. The van der Waals surface area contributed by atoms with Gasteiger partial charge in [0, 0.05) is 28.2 Å². The smallest absolute Gasteiger partial charge is 0.410 e. The van der Waals surface area contributed by atoms with Crippen LogP contribution < -0.4 is 4.74 Å². The molecule has 5 nitrogen and oxygen atoms in total. The van der Waals surface area contributed by atoms with Crippen LogP contribution in [0.5, 0.6) is 5.75 Å². The molecule has 0 fully saturated rings. The molecule has 0 bridgehead atoms. The lowest BCUT2D eigenvalue weighted by Gasteiger charge is -2.35. The Morgan fingerprint density at radius 2 is 2.08 bits per heavy atom. The Bertz CT molecular complexity index is 982. The van der Waals surface area contributed by atoms with Crippen molar-refractivity contribution in [1.29, 1.82) is 0 Å². The Kier molecular flexibility index (Phi) is 4.24. The van der Waals surface area contributed by atoms with E-state index in [1.54, 1.807) is 12.0 Å². The second kappa shape index (κ2) is 6.57. The number of aromatic nitrogens is 1. The molecule has 1 unspecified atom stereocenters. The molecule has 1 aliphatic rings. The fraction of sp³-hybridized carbons (Fsp3) is 0.250. The third kappa shape index (κ3) is 2.69. The van der Waals surface area contributed by atoms with E-state index in [1.807, 2.05) is 42.5 Å². The number of methoxy groups -OCH3 is 2. The molecule has 1 atom stereocenters. The number of benzene rings is 2. The summed E-state index contributed by atoms with van der Waals surface area (Å²) in [7, 11) is 3.04. The van der Waals surface area contributed by atoms with Crippen molar-refractivity contribution in [2.75, 3.05) is 20.8 Å². The normalized spacial score (nSPS) is 16.4. The van der Waals surface area contributed by atoms with E-state index in [2.05, 4.69) is 4.98 Å². The SMILES string of the molecule is COC(=O)N1CCc2c([nH]c3ccc(Cl)cc23)C1c1cccc(OC)c1.